The Morgan fingerprint density at radius 3 is 2.09 bits per heavy atom. The Bertz CT molecular complexity index is 278. The second-order valence-electron chi connectivity index (χ2n) is 6.53. The summed E-state index contributed by atoms with van der Waals surface area (Å²) in [4.78, 5) is 0. The van der Waals surface area contributed by atoms with Crippen LogP contribution in [0, 0.1) is 5.92 Å². The van der Waals surface area contributed by atoms with Crippen molar-refractivity contribution in [2.24, 2.45) is 5.92 Å². The van der Waals surface area contributed by atoms with Crippen LogP contribution in [0.2, 0.25) is 0 Å². The second-order valence-corrected chi connectivity index (χ2v) is 6.53. The van der Waals surface area contributed by atoms with Crippen LogP contribution in [0.15, 0.2) is 11.8 Å². The molecule has 0 aliphatic heterocycles. The molecule has 0 fully saturated rings. The van der Waals surface area contributed by atoms with Gasteiger partial charge in [0.2, 0.25) is 0 Å². The van der Waals surface area contributed by atoms with Gasteiger partial charge in [0.1, 0.15) is 0 Å². The molecular weight excluding hydrogens is 276 g/mol. The van der Waals surface area contributed by atoms with E-state index in [9.17, 15) is 0 Å². The summed E-state index contributed by atoms with van der Waals surface area (Å²) in [5.74, 6) is -0.156. The van der Waals surface area contributed by atoms with Crippen LogP contribution < -0.4 is 0 Å². The number of unbranched alkanes of at least 4 members (excludes halogenated alkanes) is 5. The predicted molar refractivity (Wildman–Crippen MR) is 93.9 cm³/mol. The molecule has 0 amide bonds. The van der Waals surface area contributed by atoms with Crippen molar-refractivity contribution < 1.29 is 14.2 Å². The number of hydrogen-bond acceptors (Lipinski definition) is 3. The monoisotopic (exact) mass is 314 g/mol. The molecule has 0 spiro atoms. The maximum absolute atomic E-state index is 5.63. The predicted octanol–water partition coefficient (Wildman–Crippen LogP) is 5.69. The van der Waals surface area contributed by atoms with Gasteiger partial charge in [-0.2, -0.15) is 0 Å². The van der Waals surface area contributed by atoms with Crippen molar-refractivity contribution in [2.45, 2.75) is 84.8 Å². The molecule has 3 nitrogen and oxygen atoms in total. The first-order chi connectivity index (χ1) is 10.5. The molecule has 0 N–H and O–H groups in total. The number of methoxy groups -OCH3 is 2. The van der Waals surface area contributed by atoms with E-state index in [-0.39, 0.29) is 0 Å². The second kappa shape index (κ2) is 13.0. The van der Waals surface area contributed by atoms with Crippen LogP contribution in [0.5, 0.6) is 0 Å². The van der Waals surface area contributed by atoms with Crippen LogP contribution >= 0.6 is 0 Å². The molecular formula is C19H38O3. The third-order valence-electron chi connectivity index (χ3n) is 4.36. The fraction of sp³-hybridized carbons (Fsp3) is 0.895. The van der Waals surface area contributed by atoms with Gasteiger partial charge in [-0.15, -0.1) is 0 Å². The maximum atomic E-state index is 5.63. The molecule has 0 aromatic rings. The third-order valence-corrected chi connectivity index (χ3v) is 4.36. The molecule has 0 radical (unpaired) electrons. The Hall–Kier alpha value is -0.540. The van der Waals surface area contributed by atoms with Gasteiger partial charge in [0.25, 0.3) is 0 Å². The molecule has 0 saturated heterocycles. The SMILES string of the molecule is CCCCCCCCC(CCOC=C(C)C)C(C)(OC)OC. The molecule has 0 aromatic carbocycles. The maximum Gasteiger partial charge on any atom is 0.167 e. The van der Waals surface area contributed by atoms with Crippen molar-refractivity contribution in [1.29, 1.82) is 0 Å². The lowest BCUT2D eigenvalue weighted by Gasteiger charge is -2.35. The minimum Gasteiger partial charge on any atom is -0.501 e. The minimum atomic E-state index is -0.516. The Balaban J connectivity index is 4.25. The molecule has 0 saturated carbocycles. The summed E-state index contributed by atoms with van der Waals surface area (Å²) in [6.07, 6.45) is 11.8. The van der Waals surface area contributed by atoms with Gasteiger partial charge in [0.15, 0.2) is 5.79 Å². The Labute approximate surface area is 138 Å². The lowest BCUT2D eigenvalue weighted by Crippen LogP contribution is -2.39. The van der Waals surface area contributed by atoms with E-state index in [4.69, 9.17) is 14.2 Å². The lowest BCUT2D eigenvalue weighted by atomic mass is 9.90. The van der Waals surface area contributed by atoms with Gasteiger partial charge in [-0.05, 0) is 39.2 Å². The fourth-order valence-corrected chi connectivity index (χ4v) is 2.69. The highest BCUT2D eigenvalue weighted by Crippen LogP contribution is 2.30. The van der Waals surface area contributed by atoms with E-state index in [2.05, 4.69) is 6.92 Å². The summed E-state index contributed by atoms with van der Waals surface area (Å²) in [5, 5.41) is 0. The first kappa shape index (κ1) is 21.5. The number of ether oxygens (including phenoxy) is 3. The molecule has 0 heterocycles. The largest absolute Gasteiger partial charge is 0.501 e. The summed E-state index contributed by atoms with van der Waals surface area (Å²) in [5.41, 5.74) is 1.19. The fourth-order valence-electron chi connectivity index (χ4n) is 2.69. The summed E-state index contributed by atoms with van der Waals surface area (Å²) >= 11 is 0. The number of rotatable bonds is 14. The first-order valence-electron chi connectivity index (χ1n) is 8.85. The average Bonchev–Trinajstić information content (AvgIpc) is 2.51. The zero-order valence-corrected chi connectivity index (χ0v) is 15.7. The Morgan fingerprint density at radius 1 is 0.955 bits per heavy atom. The zero-order valence-electron chi connectivity index (χ0n) is 15.7. The molecule has 3 heteroatoms. The Kier molecular flexibility index (Phi) is 12.6. The van der Waals surface area contributed by atoms with Crippen LogP contribution in [0.4, 0.5) is 0 Å². The van der Waals surface area contributed by atoms with Gasteiger partial charge in [0.05, 0.1) is 12.9 Å². The van der Waals surface area contributed by atoms with Gasteiger partial charge < -0.3 is 14.2 Å². The molecule has 0 aromatic heterocycles. The van der Waals surface area contributed by atoms with Crippen molar-refractivity contribution in [3.8, 4) is 0 Å². The zero-order chi connectivity index (χ0) is 16.8. The molecule has 0 rings (SSSR count). The van der Waals surface area contributed by atoms with E-state index >= 15 is 0 Å². The van der Waals surface area contributed by atoms with Crippen LogP contribution in [-0.2, 0) is 14.2 Å². The number of allylic oxidation sites excluding steroid dienone is 1. The van der Waals surface area contributed by atoms with Crippen molar-refractivity contribution in [1.82, 2.24) is 0 Å². The van der Waals surface area contributed by atoms with Gasteiger partial charge in [-0.3, -0.25) is 0 Å². The third kappa shape index (κ3) is 9.47. The van der Waals surface area contributed by atoms with Crippen LogP contribution in [0.1, 0.15) is 79.1 Å². The molecule has 1 unspecified atom stereocenters. The van der Waals surface area contributed by atoms with Gasteiger partial charge in [-0.25, -0.2) is 0 Å². The van der Waals surface area contributed by atoms with E-state index in [0.29, 0.717) is 12.5 Å². The minimum absolute atomic E-state index is 0.360. The van der Waals surface area contributed by atoms with Crippen LogP contribution in [0.25, 0.3) is 0 Å². The van der Waals surface area contributed by atoms with Gasteiger partial charge in [0, 0.05) is 20.1 Å². The van der Waals surface area contributed by atoms with E-state index in [0.717, 1.165) is 12.8 Å². The molecule has 0 aliphatic rings. The standard InChI is InChI=1S/C19H38O3/c1-7-8-9-10-11-12-13-18(19(4,20-5)21-6)14-15-22-16-17(2)3/h16,18H,7-15H2,1-6H3. The first-order valence-corrected chi connectivity index (χ1v) is 8.85. The lowest BCUT2D eigenvalue weighted by molar-refractivity contribution is -0.231. The van der Waals surface area contributed by atoms with E-state index < -0.39 is 5.79 Å². The normalized spacial score (nSPS) is 13.0. The van der Waals surface area contributed by atoms with Gasteiger partial charge >= 0.3 is 0 Å². The van der Waals surface area contributed by atoms with Crippen molar-refractivity contribution in [3.05, 3.63) is 11.8 Å². The summed E-state index contributed by atoms with van der Waals surface area (Å²) in [6, 6.07) is 0. The van der Waals surface area contributed by atoms with E-state index in [1.807, 2.05) is 27.0 Å². The molecule has 0 aliphatic carbocycles. The van der Waals surface area contributed by atoms with Crippen molar-refractivity contribution >= 4 is 0 Å². The molecule has 1 atom stereocenters. The molecule has 0 bridgehead atoms. The quantitative estimate of drug-likeness (QED) is 0.234. The average molecular weight is 315 g/mol. The van der Waals surface area contributed by atoms with E-state index in [1.54, 1.807) is 14.2 Å². The van der Waals surface area contributed by atoms with Gasteiger partial charge in [-0.1, -0.05) is 45.4 Å². The highest BCUT2D eigenvalue weighted by atomic mass is 16.7. The highest BCUT2D eigenvalue weighted by Gasteiger charge is 2.33. The van der Waals surface area contributed by atoms with Crippen LogP contribution in [0.3, 0.4) is 0 Å². The molecule has 132 valence electrons. The van der Waals surface area contributed by atoms with Crippen molar-refractivity contribution in [3.63, 3.8) is 0 Å². The summed E-state index contributed by atoms with van der Waals surface area (Å²) < 4.78 is 16.9. The van der Waals surface area contributed by atoms with Crippen molar-refractivity contribution in [2.75, 3.05) is 20.8 Å². The Morgan fingerprint density at radius 2 is 1.55 bits per heavy atom. The highest BCUT2D eigenvalue weighted by molar-refractivity contribution is 4.86. The van der Waals surface area contributed by atoms with E-state index in [1.165, 1.54) is 44.1 Å². The summed E-state index contributed by atoms with van der Waals surface area (Å²) in [7, 11) is 3.46. The number of hydrogen-bond donors (Lipinski definition) is 0. The topological polar surface area (TPSA) is 27.7 Å². The smallest absolute Gasteiger partial charge is 0.167 e. The molecule has 22 heavy (non-hydrogen) atoms. The summed E-state index contributed by atoms with van der Waals surface area (Å²) in [6.45, 7) is 9.10. The van der Waals surface area contributed by atoms with Crippen LogP contribution in [-0.4, -0.2) is 26.6 Å².